The summed E-state index contributed by atoms with van der Waals surface area (Å²) in [4.78, 5) is 0. The molecule has 0 aromatic carbocycles. The highest BCUT2D eigenvalue weighted by atomic mass is 32.2. The van der Waals surface area contributed by atoms with Gasteiger partial charge in [-0.25, -0.2) is 4.21 Å². The van der Waals surface area contributed by atoms with Crippen LogP contribution in [-0.2, 0) is 14.5 Å². The third-order valence-corrected chi connectivity index (χ3v) is 4.54. The lowest BCUT2D eigenvalue weighted by Crippen LogP contribution is -2.29. The van der Waals surface area contributed by atoms with E-state index in [0.717, 1.165) is 12.8 Å². The lowest BCUT2D eigenvalue weighted by Gasteiger charge is -2.23. The molecule has 1 unspecified atom stereocenters. The Labute approximate surface area is 68.1 Å². The van der Waals surface area contributed by atoms with Gasteiger partial charge in [0.15, 0.2) is 0 Å². The minimum Gasteiger partial charge on any atom is -0.381 e. The molecule has 1 fully saturated rings. The van der Waals surface area contributed by atoms with E-state index in [9.17, 15) is 4.21 Å². The Balaban J connectivity index is 2.58. The van der Waals surface area contributed by atoms with Crippen molar-refractivity contribution in [1.82, 2.24) is 0 Å². The lowest BCUT2D eigenvalue weighted by molar-refractivity contribution is 0.0989. The number of ether oxygens (including phenoxy) is 1. The van der Waals surface area contributed by atoms with Crippen LogP contribution < -0.4 is 0 Å². The highest BCUT2D eigenvalue weighted by molar-refractivity contribution is 7.93. The fourth-order valence-corrected chi connectivity index (χ4v) is 2.72. The molecule has 0 aromatic heterocycles. The average Bonchev–Trinajstić information content (AvgIpc) is 2.06. The van der Waals surface area contributed by atoms with Crippen LogP contribution in [0, 0.1) is 4.78 Å². The molecule has 0 aliphatic carbocycles. The first-order valence-electron chi connectivity index (χ1n) is 4.00. The zero-order chi connectivity index (χ0) is 8.32. The van der Waals surface area contributed by atoms with Crippen LogP contribution in [0.1, 0.15) is 19.8 Å². The minimum absolute atomic E-state index is 0.0845. The Bertz CT molecular complexity index is 204. The van der Waals surface area contributed by atoms with E-state index in [4.69, 9.17) is 9.52 Å². The molecule has 0 saturated carbocycles. The molecule has 3 nitrogen and oxygen atoms in total. The van der Waals surface area contributed by atoms with E-state index in [0.29, 0.717) is 19.0 Å². The van der Waals surface area contributed by atoms with Crippen LogP contribution in [0.5, 0.6) is 0 Å². The zero-order valence-corrected chi connectivity index (χ0v) is 7.65. The molecular formula is C7H15NO2S. The number of nitrogens with one attached hydrogen (secondary N) is 1. The lowest BCUT2D eigenvalue weighted by atomic mass is 10.2. The van der Waals surface area contributed by atoms with E-state index in [-0.39, 0.29) is 5.25 Å². The average molecular weight is 177 g/mol. The van der Waals surface area contributed by atoms with Gasteiger partial charge in [0.2, 0.25) is 0 Å². The van der Waals surface area contributed by atoms with Gasteiger partial charge in [0.1, 0.15) is 0 Å². The van der Waals surface area contributed by atoms with Crippen molar-refractivity contribution in [3.63, 3.8) is 0 Å². The smallest absolute Gasteiger partial charge is 0.0477 e. The summed E-state index contributed by atoms with van der Waals surface area (Å²) < 4.78 is 24.2. The molecule has 11 heavy (non-hydrogen) atoms. The van der Waals surface area contributed by atoms with Crippen LogP contribution in [0.3, 0.4) is 0 Å². The molecule has 1 rings (SSSR count). The van der Waals surface area contributed by atoms with Gasteiger partial charge in [-0.15, -0.1) is 0 Å². The maximum Gasteiger partial charge on any atom is 0.0477 e. The van der Waals surface area contributed by atoms with Crippen molar-refractivity contribution in [2.24, 2.45) is 0 Å². The molecule has 1 saturated heterocycles. The molecule has 0 bridgehead atoms. The highest BCUT2D eigenvalue weighted by Crippen LogP contribution is 2.16. The molecule has 0 aromatic rings. The van der Waals surface area contributed by atoms with Crippen molar-refractivity contribution < 1.29 is 8.95 Å². The summed E-state index contributed by atoms with van der Waals surface area (Å²) in [6.07, 6.45) is 1.60. The molecular weight excluding hydrogens is 162 g/mol. The quantitative estimate of drug-likeness (QED) is 0.689. The number of hydrogen-bond donors (Lipinski definition) is 1. The Kier molecular flexibility index (Phi) is 2.90. The predicted octanol–water partition coefficient (Wildman–Crippen LogP) is 1.23. The second kappa shape index (κ2) is 3.54. The summed E-state index contributed by atoms with van der Waals surface area (Å²) in [5, 5.41) is 0.0845. The molecule has 1 atom stereocenters. The molecule has 1 N–H and O–H groups in total. The van der Waals surface area contributed by atoms with E-state index < -0.39 is 9.73 Å². The van der Waals surface area contributed by atoms with Crippen LogP contribution in [-0.4, -0.2) is 28.4 Å². The summed E-state index contributed by atoms with van der Waals surface area (Å²) >= 11 is 0. The van der Waals surface area contributed by atoms with E-state index >= 15 is 0 Å². The summed E-state index contributed by atoms with van der Waals surface area (Å²) in [7, 11) is -2.30. The molecule has 0 radical (unpaired) electrons. The molecule has 0 amide bonds. The van der Waals surface area contributed by atoms with Gasteiger partial charge in [0.25, 0.3) is 0 Å². The van der Waals surface area contributed by atoms with Gasteiger partial charge in [0.05, 0.1) is 0 Å². The second-order valence-electron chi connectivity index (χ2n) is 2.83. The third-order valence-electron chi connectivity index (χ3n) is 2.14. The van der Waals surface area contributed by atoms with E-state index in [1.54, 1.807) is 0 Å². The Hall–Kier alpha value is -0.0900. The van der Waals surface area contributed by atoms with Crippen molar-refractivity contribution in [1.29, 1.82) is 4.78 Å². The molecule has 1 aliphatic rings. The first-order chi connectivity index (χ1) is 5.17. The van der Waals surface area contributed by atoms with Crippen molar-refractivity contribution in [2.75, 3.05) is 19.0 Å². The van der Waals surface area contributed by atoms with Crippen LogP contribution >= 0.6 is 0 Å². The maximum absolute atomic E-state index is 11.5. The first-order valence-corrected chi connectivity index (χ1v) is 5.79. The fourth-order valence-electron chi connectivity index (χ4n) is 1.29. The van der Waals surface area contributed by atoms with E-state index in [2.05, 4.69) is 0 Å². The van der Waals surface area contributed by atoms with Crippen LogP contribution in [0.4, 0.5) is 0 Å². The van der Waals surface area contributed by atoms with Gasteiger partial charge >= 0.3 is 0 Å². The third kappa shape index (κ3) is 2.17. The van der Waals surface area contributed by atoms with E-state index in [1.807, 2.05) is 6.92 Å². The number of rotatable bonds is 2. The van der Waals surface area contributed by atoms with Crippen LogP contribution in [0.25, 0.3) is 0 Å². The fraction of sp³-hybridized carbons (Fsp3) is 1.00. The van der Waals surface area contributed by atoms with Crippen molar-refractivity contribution in [2.45, 2.75) is 25.0 Å². The van der Waals surface area contributed by atoms with Gasteiger partial charge in [0, 0.05) is 33.9 Å². The van der Waals surface area contributed by atoms with Crippen molar-refractivity contribution >= 4 is 9.73 Å². The second-order valence-corrected chi connectivity index (χ2v) is 5.52. The summed E-state index contributed by atoms with van der Waals surface area (Å²) in [5.41, 5.74) is 0. The summed E-state index contributed by atoms with van der Waals surface area (Å²) in [5.74, 6) is 0.484. The normalized spacial score (nSPS) is 26.3. The maximum atomic E-state index is 11.5. The van der Waals surface area contributed by atoms with Crippen LogP contribution in [0.15, 0.2) is 0 Å². The topological polar surface area (TPSA) is 50.2 Å². The molecule has 66 valence electrons. The Morgan fingerprint density at radius 1 is 1.55 bits per heavy atom. The van der Waals surface area contributed by atoms with Crippen molar-refractivity contribution in [3.05, 3.63) is 0 Å². The molecule has 1 aliphatic heterocycles. The minimum atomic E-state index is -2.30. The SMILES string of the molecule is CCS(=N)(=O)C1CCOCC1. The summed E-state index contributed by atoms with van der Waals surface area (Å²) in [6.45, 7) is 3.19. The molecule has 4 heteroatoms. The van der Waals surface area contributed by atoms with Crippen molar-refractivity contribution in [3.8, 4) is 0 Å². The largest absolute Gasteiger partial charge is 0.381 e. The monoisotopic (exact) mass is 177 g/mol. The Morgan fingerprint density at radius 2 is 2.09 bits per heavy atom. The van der Waals surface area contributed by atoms with E-state index in [1.165, 1.54) is 0 Å². The van der Waals surface area contributed by atoms with Gasteiger partial charge in [-0.1, -0.05) is 6.92 Å². The number of hydrogen-bond acceptors (Lipinski definition) is 3. The van der Waals surface area contributed by atoms with Crippen LogP contribution in [0.2, 0.25) is 0 Å². The zero-order valence-electron chi connectivity index (χ0n) is 6.84. The highest BCUT2D eigenvalue weighted by Gasteiger charge is 2.22. The van der Waals surface area contributed by atoms with Gasteiger partial charge in [-0.3, -0.25) is 4.78 Å². The molecule has 1 heterocycles. The predicted molar refractivity (Wildman–Crippen MR) is 45.2 cm³/mol. The standard InChI is InChI=1S/C7H15NO2S/c1-2-11(8,9)7-3-5-10-6-4-7/h7-8H,2-6H2,1H3. The first kappa shape index (κ1) is 9.00. The Morgan fingerprint density at radius 3 is 2.55 bits per heavy atom. The summed E-state index contributed by atoms with van der Waals surface area (Å²) in [6, 6.07) is 0. The van der Waals surface area contributed by atoms with Gasteiger partial charge in [-0.05, 0) is 12.8 Å². The molecule has 0 spiro atoms. The van der Waals surface area contributed by atoms with Gasteiger partial charge < -0.3 is 4.74 Å². The van der Waals surface area contributed by atoms with Gasteiger partial charge in [-0.2, -0.15) is 0 Å².